The summed E-state index contributed by atoms with van der Waals surface area (Å²) < 4.78 is 11.7. The largest absolute Gasteiger partial charge is 0.493 e. The van der Waals surface area contributed by atoms with E-state index in [4.69, 9.17) is 15.2 Å². The number of nitrogens with two attached hydrogens (primary N) is 1. The number of benzene rings is 2. The zero-order chi connectivity index (χ0) is 19.0. The maximum absolute atomic E-state index is 13.1. The van der Waals surface area contributed by atoms with Gasteiger partial charge in [-0.1, -0.05) is 24.3 Å². The van der Waals surface area contributed by atoms with Crippen molar-refractivity contribution >= 4 is 17.3 Å². The van der Waals surface area contributed by atoms with E-state index in [1.165, 1.54) is 12.8 Å². The standard InChI is InChI=1S/C22H24N2O3/c1-3-18-15-10-6-7-11-16(15)22(25)24(18)19-13-21(20(26-2)12-17(19)23)27-14-8-4-5-9-14/h3,6-7,10-14,18H,1,4-5,8-9,23H2,2H3. The van der Waals surface area contributed by atoms with Gasteiger partial charge in [0.15, 0.2) is 11.5 Å². The van der Waals surface area contributed by atoms with Crippen LogP contribution < -0.4 is 20.1 Å². The van der Waals surface area contributed by atoms with E-state index in [0.717, 1.165) is 18.4 Å². The van der Waals surface area contributed by atoms with Gasteiger partial charge in [0.1, 0.15) is 0 Å². The zero-order valence-corrected chi connectivity index (χ0v) is 15.5. The van der Waals surface area contributed by atoms with Gasteiger partial charge in [-0.3, -0.25) is 9.69 Å². The van der Waals surface area contributed by atoms with Gasteiger partial charge in [-0.2, -0.15) is 0 Å². The molecule has 4 rings (SSSR count). The van der Waals surface area contributed by atoms with Gasteiger partial charge in [-0.15, -0.1) is 6.58 Å². The zero-order valence-electron chi connectivity index (χ0n) is 15.5. The molecule has 1 amide bonds. The summed E-state index contributed by atoms with van der Waals surface area (Å²) in [5, 5.41) is 0. The topological polar surface area (TPSA) is 64.8 Å². The van der Waals surface area contributed by atoms with Crippen molar-refractivity contribution in [3.63, 3.8) is 0 Å². The molecule has 0 spiro atoms. The number of methoxy groups -OCH3 is 1. The molecule has 1 atom stereocenters. The van der Waals surface area contributed by atoms with Crippen LogP contribution >= 0.6 is 0 Å². The average molecular weight is 364 g/mol. The minimum absolute atomic E-state index is 0.0841. The van der Waals surface area contributed by atoms with Gasteiger partial charge in [0.2, 0.25) is 0 Å². The van der Waals surface area contributed by atoms with Gasteiger partial charge in [0.25, 0.3) is 5.91 Å². The van der Waals surface area contributed by atoms with Gasteiger partial charge in [-0.05, 0) is 37.3 Å². The van der Waals surface area contributed by atoms with Crippen LogP contribution in [0.2, 0.25) is 0 Å². The molecule has 1 unspecified atom stereocenters. The van der Waals surface area contributed by atoms with E-state index in [2.05, 4.69) is 6.58 Å². The summed E-state index contributed by atoms with van der Waals surface area (Å²) in [4.78, 5) is 14.8. The molecule has 0 aromatic heterocycles. The number of nitrogen functional groups attached to an aromatic ring is 1. The van der Waals surface area contributed by atoms with Crippen molar-refractivity contribution in [2.45, 2.75) is 37.8 Å². The van der Waals surface area contributed by atoms with Crippen LogP contribution in [-0.4, -0.2) is 19.1 Å². The monoisotopic (exact) mass is 364 g/mol. The molecule has 2 aromatic rings. The van der Waals surface area contributed by atoms with Crippen LogP contribution in [0.4, 0.5) is 11.4 Å². The lowest BCUT2D eigenvalue weighted by Crippen LogP contribution is -2.27. The third-order valence-corrected chi connectivity index (χ3v) is 5.40. The highest BCUT2D eigenvalue weighted by atomic mass is 16.5. The van der Waals surface area contributed by atoms with Crippen LogP contribution in [0, 0.1) is 0 Å². The van der Waals surface area contributed by atoms with Crippen molar-refractivity contribution < 1.29 is 14.3 Å². The normalized spacial score (nSPS) is 19.2. The van der Waals surface area contributed by atoms with Crippen LogP contribution in [-0.2, 0) is 0 Å². The third kappa shape index (κ3) is 2.93. The number of rotatable bonds is 5. The van der Waals surface area contributed by atoms with Crippen molar-refractivity contribution in [1.82, 2.24) is 0 Å². The maximum atomic E-state index is 13.1. The Morgan fingerprint density at radius 3 is 2.63 bits per heavy atom. The Labute approximate surface area is 159 Å². The summed E-state index contributed by atoms with van der Waals surface area (Å²) in [5.74, 6) is 1.13. The van der Waals surface area contributed by atoms with Crippen LogP contribution in [0.5, 0.6) is 11.5 Å². The van der Waals surface area contributed by atoms with Gasteiger partial charge < -0.3 is 15.2 Å². The van der Waals surface area contributed by atoms with E-state index in [9.17, 15) is 4.79 Å². The van der Waals surface area contributed by atoms with Crippen molar-refractivity contribution in [2.24, 2.45) is 0 Å². The number of carbonyl (C=O) groups excluding carboxylic acids is 1. The van der Waals surface area contributed by atoms with Crippen LogP contribution in [0.25, 0.3) is 0 Å². The van der Waals surface area contributed by atoms with Crippen molar-refractivity contribution in [1.29, 1.82) is 0 Å². The van der Waals surface area contributed by atoms with Gasteiger partial charge >= 0.3 is 0 Å². The van der Waals surface area contributed by atoms with Crippen LogP contribution in [0.15, 0.2) is 49.1 Å². The van der Waals surface area contributed by atoms with Crippen LogP contribution in [0.3, 0.4) is 0 Å². The predicted octanol–water partition coefficient (Wildman–Crippen LogP) is 4.49. The fourth-order valence-electron chi connectivity index (χ4n) is 4.05. The highest BCUT2D eigenvalue weighted by Crippen LogP contribution is 2.45. The molecule has 2 aliphatic rings. The van der Waals surface area contributed by atoms with Gasteiger partial charge in [0, 0.05) is 17.7 Å². The number of anilines is 2. The third-order valence-electron chi connectivity index (χ3n) is 5.40. The van der Waals surface area contributed by atoms with Crippen LogP contribution in [0.1, 0.15) is 47.6 Å². The number of hydrogen-bond donors (Lipinski definition) is 1. The summed E-state index contributed by atoms with van der Waals surface area (Å²) in [5.41, 5.74) is 9.01. The van der Waals surface area contributed by atoms with E-state index in [0.29, 0.717) is 28.4 Å². The smallest absolute Gasteiger partial charge is 0.259 e. The lowest BCUT2D eigenvalue weighted by atomic mass is 10.0. The molecule has 5 nitrogen and oxygen atoms in total. The predicted molar refractivity (Wildman–Crippen MR) is 106 cm³/mol. The molecular weight excluding hydrogens is 340 g/mol. The summed E-state index contributed by atoms with van der Waals surface area (Å²) >= 11 is 0. The second-order valence-electron chi connectivity index (χ2n) is 7.03. The number of hydrogen-bond acceptors (Lipinski definition) is 4. The number of ether oxygens (including phenoxy) is 2. The lowest BCUT2D eigenvalue weighted by molar-refractivity contribution is 0.0994. The Morgan fingerprint density at radius 2 is 1.93 bits per heavy atom. The molecule has 1 saturated carbocycles. The Kier molecular flexibility index (Phi) is 4.52. The van der Waals surface area contributed by atoms with Crippen molar-refractivity contribution in [2.75, 3.05) is 17.7 Å². The first kappa shape index (κ1) is 17.5. The van der Waals surface area contributed by atoms with E-state index >= 15 is 0 Å². The summed E-state index contributed by atoms with van der Waals surface area (Å²) in [6.07, 6.45) is 6.36. The quantitative estimate of drug-likeness (QED) is 0.627. The molecule has 140 valence electrons. The Hall–Kier alpha value is -2.95. The first-order valence-corrected chi connectivity index (χ1v) is 9.33. The minimum Gasteiger partial charge on any atom is -0.493 e. The molecule has 1 heterocycles. The van der Waals surface area contributed by atoms with Crippen molar-refractivity contribution in [3.05, 3.63) is 60.2 Å². The molecule has 1 fully saturated rings. The van der Waals surface area contributed by atoms with E-state index in [1.807, 2.05) is 30.3 Å². The second kappa shape index (κ2) is 6.99. The fraction of sp³-hybridized carbons (Fsp3) is 0.318. The number of amides is 1. The molecule has 5 heteroatoms. The molecule has 2 aromatic carbocycles. The molecule has 1 aliphatic carbocycles. The average Bonchev–Trinajstić information content (AvgIpc) is 3.29. The van der Waals surface area contributed by atoms with Crippen molar-refractivity contribution in [3.8, 4) is 11.5 Å². The second-order valence-corrected chi connectivity index (χ2v) is 7.03. The Bertz CT molecular complexity index is 887. The highest BCUT2D eigenvalue weighted by molar-refractivity contribution is 6.12. The summed E-state index contributed by atoms with van der Waals surface area (Å²) in [6, 6.07) is 10.9. The Morgan fingerprint density at radius 1 is 1.19 bits per heavy atom. The first-order chi connectivity index (χ1) is 13.1. The number of carbonyl (C=O) groups is 1. The fourth-order valence-corrected chi connectivity index (χ4v) is 4.05. The number of nitrogens with zero attached hydrogens (tertiary/aromatic N) is 1. The highest BCUT2D eigenvalue weighted by Gasteiger charge is 2.37. The molecule has 27 heavy (non-hydrogen) atoms. The minimum atomic E-state index is -0.260. The van der Waals surface area contributed by atoms with Gasteiger partial charge in [0.05, 0.1) is 30.6 Å². The molecular formula is C22H24N2O3. The first-order valence-electron chi connectivity index (χ1n) is 9.33. The molecule has 0 radical (unpaired) electrons. The molecule has 0 bridgehead atoms. The van der Waals surface area contributed by atoms with Gasteiger partial charge in [-0.25, -0.2) is 0 Å². The summed E-state index contributed by atoms with van der Waals surface area (Å²) in [7, 11) is 1.60. The van der Waals surface area contributed by atoms with E-state index in [-0.39, 0.29) is 18.1 Å². The maximum Gasteiger partial charge on any atom is 0.259 e. The Balaban J connectivity index is 1.76. The SMILES string of the molecule is C=CC1c2ccccc2C(=O)N1c1cc(OC2CCCC2)c(OC)cc1N. The van der Waals surface area contributed by atoms with E-state index < -0.39 is 0 Å². The molecule has 0 saturated heterocycles. The molecule has 1 aliphatic heterocycles. The lowest BCUT2D eigenvalue weighted by Gasteiger charge is -2.26. The van der Waals surface area contributed by atoms with E-state index in [1.54, 1.807) is 24.2 Å². The number of fused-ring (bicyclic) bond motifs is 1. The molecule has 2 N–H and O–H groups in total. The summed E-state index contributed by atoms with van der Waals surface area (Å²) in [6.45, 7) is 3.93.